The minimum absolute atomic E-state index is 0.196. The predicted octanol–water partition coefficient (Wildman–Crippen LogP) is 2.41. The van der Waals surface area contributed by atoms with E-state index in [0.717, 1.165) is 43.0 Å². The number of halogens is 1. The van der Waals surface area contributed by atoms with Crippen molar-refractivity contribution in [3.63, 3.8) is 0 Å². The van der Waals surface area contributed by atoms with Crippen LogP contribution in [-0.2, 0) is 0 Å². The molecule has 4 aromatic heterocycles. The Morgan fingerprint density at radius 2 is 2.15 bits per heavy atom. The number of nitrogens with one attached hydrogen (secondary N) is 2. The number of thiophene rings is 1. The summed E-state index contributed by atoms with van der Waals surface area (Å²) >= 11 is 0.942. The predicted molar refractivity (Wildman–Crippen MR) is 97.2 cm³/mol. The topological polar surface area (TPSA) is 101 Å². The second-order valence-electron chi connectivity index (χ2n) is 6.43. The fourth-order valence-electron chi connectivity index (χ4n) is 3.45. The molecule has 0 amide bonds. The standard InChI is InChI=1S/C17H15FN6O2S/c18-13-2-1-12(27-13)15-22-17(26-23-15)10-8-20-24-11(7-14(25)21-16(10)24)9-3-5-19-6-4-9/h1-2,7-9,19H,3-6H2,(H,21,25). The molecule has 0 atom stereocenters. The van der Waals surface area contributed by atoms with Crippen molar-refractivity contribution < 1.29 is 8.91 Å². The van der Waals surface area contributed by atoms with Crippen molar-refractivity contribution >= 4 is 17.0 Å². The minimum Gasteiger partial charge on any atom is -0.333 e. The zero-order valence-corrected chi connectivity index (χ0v) is 14.9. The third-order valence-corrected chi connectivity index (χ3v) is 5.61. The van der Waals surface area contributed by atoms with E-state index in [9.17, 15) is 9.18 Å². The van der Waals surface area contributed by atoms with Gasteiger partial charge in [-0.1, -0.05) is 5.16 Å². The van der Waals surface area contributed by atoms with Crippen molar-refractivity contribution in [1.29, 1.82) is 0 Å². The lowest BCUT2D eigenvalue weighted by Crippen LogP contribution is -2.28. The fourth-order valence-corrected chi connectivity index (χ4v) is 4.10. The highest BCUT2D eigenvalue weighted by Crippen LogP contribution is 2.30. The Labute approximate surface area is 156 Å². The number of nitrogens with zero attached hydrogens (tertiary/aromatic N) is 4. The van der Waals surface area contributed by atoms with Gasteiger partial charge in [0.1, 0.15) is 11.2 Å². The maximum atomic E-state index is 13.2. The van der Waals surface area contributed by atoms with Crippen LogP contribution < -0.4 is 10.9 Å². The Hall–Kier alpha value is -2.85. The zero-order chi connectivity index (χ0) is 18.4. The summed E-state index contributed by atoms with van der Waals surface area (Å²) in [5.74, 6) is 0.790. The molecule has 0 aliphatic carbocycles. The van der Waals surface area contributed by atoms with Crippen molar-refractivity contribution in [2.75, 3.05) is 13.1 Å². The number of H-pyrrole nitrogens is 1. The molecule has 0 radical (unpaired) electrons. The van der Waals surface area contributed by atoms with Crippen molar-refractivity contribution in [1.82, 2.24) is 30.1 Å². The highest BCUT2D eigenvalue weighted by Gasteiger charge is 2.23. The van der Waals surface area contributed by atoms with Crippen molar-refractivity contribution in [2.24, 2.45) is 0 Å². The molecule has 0 bridgehead atoms. The molecule has 1 fully saturated rings. The number of hydrogen-bond acceptors (Lipinski definition) is 7. The quantitative estimate of drug-likeness (QED) is 0.561. The van der Waals surface area contributed by atoms with Gasteiger partial charge in [-0.15, -0.1) is 11.3 Å². The average molecular weight is 386 g/mol. The first kappa shape index (κ1) is 16.3. The van der Waals surface area contributed by atoms with Gasteiger partial charge in [-0.25, -0.2) is 4.52 Å². The molecule has 138 valence electrons. The monoisotopic (exact) mass is 386 g/mol. The Balaban J connectivity index is 1.59. The summed E-state index contributed by atoms with van der Waals surface area (Å²) in [6.07, 6.45) is 3.49. The maximum Gasteiger partial charge on any atom is 0.263 e. The van der Waals surface area contributed by atoms with E-state index in [4.69, 9.17) is 4.52 Å². The van der Waals surface area contributed by atoms with Crippen LogP contribution in [0.2, 0.25) is 0 Å². The van der Waals surface area contributed by atoms with Gasteiger partial charge < -0.3 is 14.8 Å². The van der Waals surface area contributed by atoms with Crippen LogP contribution in [0.3, 0.4) is 0 Å². The van der Waals surface area contributed by atoms with Gasteiger partial charge >= 0.3 is 0 Å². The Morgan fingerprint density at radius 1 is 1.30 bits per heavy atom. The first-order valence-electron chi connectivity index (χ1n) is 8.60. The summed E-state index contributed by atoms with van der Waals surface area (Å²) in [6, 6.07) is 4.56. The van der Waals surface area contributed by atoms with Gasteiger partial charge in [-0.3, -0.25) is 4.79 Å². The Morgan fingerprint density at radius 3 is 2.93 bits per heavy atom. The van der Waals surface area contributed by atoms with Crippen LogP contribution >= 0.6 is 11.3 Å². The first-order chi connectivity index (χ1) is 13.2. The lowest BCUT2D eigenvalue weighted by Gasteiger charge is -2.23. The lowest BCUT2D eigenvalue weighted by atomic mass is 9.94. The summed E-state index contributed by atoms with van der Waals surface area (Å²) < 4.78 is 20.3. The van der Waals surface area contributed by atoms with Crippen LogP contribution in [0.15, 0.2) is 33.7 Å². The van der Waals surface area contributed by atoms with E-state index in [1.165, 1.54) is 6.07 Å². The molecule has 0 unspecified atom stereocenters. The van der Waals surface area contributed by atoms with Crippen molar-refractivity contribution in [3.05, 3.63) is 45.6 Å². The average Bonchev–Trinajstić information content (AvgIpc) is 3.40. The third kappa shape index (κ3) is 2.86. The number of aromatic amines is 1. The van der Waals surface area contributed by atoms with Crippen molar-refractivity contribution in [2.45, 2.75) is 18.8 Å². The molecule has 1 saturated heterocycles. The van der Waals surface area contributed by atoms with Gasteiger partial charge in [0.15, 0.2) is 5.13 Å². The lowest BCUT2D eigenvalue weighted by molar-refractivity contribution is 0.432. The van der Waals surface area contributed by atoms with E-state index in [1.807, 2.05) is 0 Å². The van der Waals surface area contributed by atoms with Gasteiger partial charge in [0.05, 0.1) is 16.8 Å². The summed E-state index contributed by atoms with van der Waals surface area (Å²) in [7, 11) is 0. The third-order valence-electron chi connectivity index (χ3n) is 4.74. The van der Waals surface area contributed by atoms with E-state index < -0.39 is 0 Å². The number of fused-ring (bicyclic) bond motifs is 1. The highest BCUT2D eigenvalue weighted by molar-refractivity contribution is 7.13. The number of aromatic nitrogens is 5. The molecule has 10 heteroatoms. The largest absolute Gasteiger partial charge is 0.333 e. The number of hydrogen-bond donors (Lipinski definition) is 2. The highest BCUT2D eigenvalue weighted by atomic mass is 32.1. The molecular formula is C17H15FN6O2S. The normalized spacial score (nSPS) is 15.6. The Bertz CT molecular complexity index is 1170. The summed E-state index contributed by atoms with van der Waals surface area (Å²) in [6.45, 7) is 1.83. The maximum absolute atomic E-state index is 13.2. The Kier molecular flexibility index (Phi) is 3.87. The molecule has 4 aromatic rings. The molecule has 0 spiro atoms. The van der Waals surface area contributed by atoms with Gasteiger partial charge in [0.25, 0.3) is 11.4 Å². The van der Waals surface area contributed by atoms with E-state index in [1.54, 1.807) is 22.8 Å². The van der Waals surface area contributed by atoms with Gasteiger partial charge in [-0.2, -0.15) is 14.5 Å². The van der Waals surface area contributed by atoms with Gasteiger partial charge in [0.2, 0.25) is 5.82 Å². The van der Waals surface area contributed by atoms with E-state index in [2.05, 4.69) is 25.5 Å². The van der Waals surface area contributed by atoms with Crippen LogP contribution in [0.1, 0.15) is 24.5 Å². The second-order valence-corrected chi connectivity index (χ2v) is 7.46. The van der Waals surface area contributed by atoms with Gasteiger partial charge in [-0.05, 0) is 38.1 Å². The van der Waals surface area contributed by atoms with Crippen LogP contribution in [-0.4, -0.2) is 37.8 Å². The zero-order valence-electron chi connectivity index (χ0n) is 14.1. The summed E-state index contributed by atoms with van der Waals surface area (Å²) in [4.78, 5) is 20.0. The van der Waals surface area contributed by atoms with E-state index >= 15 is 0 Å². The molecule has 1 aliphatic heterocycles. The molecule has 0 saturated carbocycles. The molecule has 0 aromatic carbocycles. The van der Waals surface area contributed by atoms with Crippen LogP contribution in [0, 0.1) is 5.13 Å². The molecule has 8 nitrogen and oxygen atoms in total. The van der Waals surface area contributed by atoms with Crippen LogP contribution in [0.5, 0.6) is 0 Å². The molecule has 2 N–H and O–H groups in total. The minimum atomic E-state index is -0.316. The molecule has 1 aliphatic rings. The smallest absolute Gasteiger partial charge is 0.263 e. The summed E-state index contributed by atoms with van der Waals surface area (Å²) in [5, 5.41) is 11.4. The van der Waals surface area contributed by atoms with Crippen LogP contribution in [0.25, 0.3) is 27.8 Å². The second kappa shape index (κ2) is 6.39. The fraction of sp³-hybridized carbons (Fsp3) is 0.294. The van der Waals surface area contributed by atoms with E-state index in [0.29, 0.717) is 21.9 Å². The molecule has 5 heterocycles. The van der Waals surface area contributed by atoms with Gasteiger partial charge in [0, 0.05) is 12.0 Å². The van der Waals surface area contributed by atoms with Crippen LogP contribution in [0.4, 0.5) is 4.39 Å². The summed E-state index contributed by atoms with van der Waals surface area (Å²) in [5.41, 5.74) is 1.74. The SMILES string of the molecule is O=c1cc(C2CCNCC2)n2ncc(-c3nc(-c4ccc(F)s4)no3)c2[nH]1. The number of piperidine rings is 1. The first-order valence-corrected chi connectivity index (χ1v) is 9.42. The van der Waals surface area contributed by atoms with Crippen molar-refractivity contribution in [3.8, 4) is 22.2 Å². The number of rotatable bonds is 3. The molecular weight excluding hydrogens is 371 g/mol. The molecule has 27 heavy (non-hydrogen) atoms. The van der Waals surface area contributed by atoms with E-state index in [-0.39, 0.29) is 22.5 Å². The molecule has 5 rings (SSSR count).